The number of aromatic amines is 1. The van der Waals surface area contributed by atoms with Crippen molar-refractivity contribution >= 4 is 22.6 Å². The Balaban J connectivity index is 2.24. The van der Waals surface area contributed by atoms with Crippen LogP contribution in [0.1, 0.15) is 5.56 Å². The zero-order valence-electron chi connectivity index (χ0n) is 9.95. The maximum Gasteiger partial charge on any atom is 0.152 e. The van der Waals surface area contributed by atoms with Gasteiger partial charge in [-0.25, -0.2) is 9.37 Å². The Morgan fingerprint density at radius 2 is 2.00 bits per heavy atom. The normalized spacial score (nSPS) is 11.1. The van der Waals surface area contributed by atoms with Crippen LogP contribution in [0.2, 0.25) is 5.02 Å². The Kier molecular flexibility index (Phi) is 2.97. The molecular formula is C14H11ClFN3. The third-order valence-electron chi connectivity index (χ3n) is 3.02. The van der Waals surface area contributed by atoms with Gasteiger partial charge in [-0.15, -0.1) is 0 Å². The van der Waals surface area contributed by atoms with E-state index in [1.165, 1.54) is 6.07 Å². The van der Waals surface area contributed by atoms with Crippen molar-refractivity contribution in [3.8, 4) is 11.4 Å². The number of nitrogens with two attached hydrogens (primary N) is 1. The molecule has 2 aromatic carbocycles. The summed E-state index contributed by atoms with van der Waals surface area (Å²) in [4.78, 5) is 7.51. The highest BCUT2D eigenvalue weighted by atomic mass is 35.5. The van der Waals surface area contributed by atoms with Crippen LogP contribution in [-0.4, -0.2) is 9.97 Å². The van der Waals surface area contributed by atoms with Gasteiger partial charge in [-0.3, -0.25) is 0 Å². The lowest BCUT2D eigenvalue weighted by atomic mass is 10.2. The lowest BCUT2D eigenvalue weighted by molar-refractivity contribution is 0.630. The van der Waals surface area contributed by atoms with Gasteiger partial charge in [-0.1, -0.05) is 29.8 Å². The van der Waals surface area contributed by atoms with Crippen molar-refractivity contribution < 1.29 is 4.39 Å². The van der Waals surface area contributed by atoms with Gasteiger partial charge < -0.3 is 10.7 Å². The van der Waals surface area contributed by atoms with Crippen LogP contribution in [0, 0.1) is 5.82 Å². The predicted molar refractivity (Wildman–Crippen MR) is 74.4 cm³/mol. The van der Waals surface area contributed by atoms with Crippen molar-refractivity contribution in [1.29, 1.82) is 0 Å². The van der Waals surface area contributed by atoms with Crippen LogP contribution in [0.3, 0.4) is 0 Å². The summed E-state index contributed by atoms with van der Waals surface area (Å²) in [6.45, 7) is 0.389. The molecule has 0 saturated carbocycles. The van der Waals surface area contributed by atoms with Gasteiger partial charge in [0.25, 0.3) is 0 Å². The quantitative estimate of drug-likeness (QED) is 0.752. The van der Waals surface area contributed by atoms with Crippen LogP contribution in [-0.2, 0) is 6.54 Å². The Labute approximate surface area is 114 Å². The molecule has 0 spiro atoms. The first-order valence-electron chi connectivity index (χ1n) is 5.83. The minimum atomic E-state index is -0.475. The minimum Gasteiger partial charge on any atom is -0.338 e. The van der Waals surface area contributed by atoms with Crippen LogP contribution in [0.4, 0.5) is 4.39 Å². The topological polar surface area (TPSA) is 54.7 Å². The number of nitrogens with one attached hydrogen (secondary N) is 1. The molecule has 96 valence electrons. The highest BCUT2D eigenvalue weighted by Gasteiger charge is 2.13. The zero-order valence-corrected chi connectivity index (χ0v) is 10.7. The summed E-state index contributed by atoms with van der Waals surface area (Å²) in [5.74, 6) is -0.0200. The van der Waals surface area contributed by atoms with E-state index in [1.54, 1.807) is 12.1 Å². The van der Waals surface area contributed by atoms with Crippen molar-refractivity contribution in [3.05, 3.63) is 52.8 Å². The summed E-state index contributed by atoms with van der Waals surface area (Å²) in [6.07, 6.45) is 0. The van der Waals surface area contributed by atoms with E-state index in [9.17, 15) is 4.39 Å². The molecule has 19 heavy (non-hydrogen) atoms. The molecule has 3 nitrogen and oxygen atoms in total. The maximum absolute atomic E-state index is 14.0. The third-order valence-corrected chi connectivity index (χ3v) is 3.31. The standard InChI is InChI=1S/C14H11ClFN3/c15-10-5-2-4-9(12(10)16)14-18-11-6-1-3-8(7-17)13(11)19-14/h1-6H,7,17H2,(H,18,19). The van der Waals surface area contributed by atoms with Crippen molar-refractivity contribution in [2.24, 2.45) is 5.73 Å². The number of imidazole rings is 1. The fourth-order valence-corrected chi connectivity index (χ4v) is 2.25. The number of H-pyrrole nitrogens is 1. The van der Waals surface area contributed by atoms with Crippen molar-refractivity contribution in [3.63, 3.8) is 0 Å². The van der Waals surface area contributed by atoms with Gasteiger partial charge in [-0.05, 0) is 23.8 Å². The Morgan fingerprint density at radius 1 is 1.21 bits per heavy atom. The molecule has 3 N–H and O–H groups in total. The summed E-state index contributed by atoms with van der Waals surface area (Å²) >= 11 is 5.78. The molecule has 3 rings (SSSR count). The monoisotopic (exact) mass is 275 g/mol. The fourth-order valence-electron chi connectivity index (χ4n) is 2.07. The molecule has 5 heteroatoms. The van der Waals surface area contributed by atoms with Gasteiger partial charge in [0.05, 0.1) is 21.6 Å². The second-order valence-corrected chi connectivity index (χ2v) is 4.61. The summed E-state index contributed by atoms with van der Waals surface area (Å²) < 4.78 is 14.0. The Hall–Kier alpha value is -1.91. The van der Waals surface area contributed by atoms with E-state index in [1.807, 2.05) is 18.2 Å². The lowest BCUT2D eigenvalue weighted by Gasteiger charge is -2.00. The number of benzene rings is 2. The van der Waals surface area contributed by atoms with Gasteiger partial charge >= 0.3 is 0 Å². The van der Waals surface area contributed by atoms with E-state index >= 15 is 0 Å². The lowest BCUT2D eigenvalue weighted by Crippen LogP contribution is -1.96. The van der Waals surface area contributed by atoms with Gasteiger partial charge in [0.15, 0.2) is 5.82 Å². The molecule has 0 bridgehead atoms. The fraction of sp³-hybridized carbons (Fsp3) is 0.0714. The number of para-hydroxylation sites is 1. The molecule has 0 aliphatic rings. The molecular weight excluding hydrogens is 265 g/mol. The number of halogens is 2. The van der Waals surface area contributed by atoms with E-state index in [2.05, 4.69) is 9.97 Å². The van der Waals surface area contributed by atoms with Crippen LogP contribution in [0.5, 0.6) is 0 Å². The largest absolute Gasteiger partial charge is 0.338 e. The molecule has 0 unspecified atom stereocenters. The van der Waals surface area contributed by atoms with Crippen molar-refractivity contribution in [2.45, 2.75) is 6.54 Å². The number of hydrogen-bond donors (Lipinski definition) is 2. The molecule has 0 radical (unpaired) electrons. The van der Waals surface area contributed by atoms with Crippen LogP contribution in [0.15, 0.2) is 36.4 Å². The van der Waals surface area contributed by atoms with E-state index in [-0.39, 0.29) is 5.02 Å². The Bertz CT molecular complexity index is 752. The number of nitrogens with zero attached hydrogens (tertiary/aromatic N) is 1. The van der Waals surface area contributed by atoms with E-state index in [4.69, 9.17) is 17.3 Å². The summed E-state index contributed by atoms with van der Waals surface area (Å²) in [5, 5.41) is 0.0806. The maximum atomic E-state index is 14.0. The molecule has 0 atom stereocenters. The molecule has 0 aliphatic carbocycles. The van der Waals surface area contributed by atoms with Gasteiger partial charge in [0.2, 0.25) is 0 Å². The van der Waals surface area contributed by atoms with E-state index < -0.39 is 5.82 Å². The summed E-state index contributed by atoms with van der Waals surface area (Å²) in [7, 11) is 0. The van der Waals surface area contributed by atoms with Gasteiger partial charge in [0.1, 0.15) is 5.82 Å². The Morgan fingerprint density at radius 3 is 2.79 bits per heavy atom. The number of rotatable bonds is 2. The molecule has 3 aromatic rings. The van der Waals surface area contributed by atoms with Crippen LogP contribution < -0.4 is 5.73 Å². The summed E-state index contributed by atoms with van der Waals surface area (Å²) in [5.41, 5.74) is 8.54. The van der Waals surface area contributed by atoms with E-state index in [0.29, 0.717) is 17.9 Å². The smallest absolute Gasteiger partial charge is 0.152 e. The number of hydrogen-bond acceptors (Lipinski definition) is 2. The van der Waals surface area contributed by atoms with Crippen LogP contribution >= 0.6 is 11.6 Å². The first-order valence-corrected chi connectivity index (χ1v) is 6.20. The second-order valence-electron chi connectivity index (χ2n) is 4.20. The summed E-state index contributed by atoms with van der Waals surface area (Å²) in [6, 6.07) is 10.5. The zero-order chi connectivity index (χ0) is 13.4. The highest BCUT2D eigenvalue weighted by molar-refractivity contribution is 6.31. The first kappa shape index (κ1) is 12.1. The minimum absolute atomic E-state index is 0.0806. The van der Waals surface area contributed by atoms with Crippen molar-refractivity contribution in [1.82, 2.24) is 9.97 Å². The average Bonchev–Trinajstić information content (AvgIpc) is 2.85. The van der Waals surface area contributed by atoms with Gasteiger partial charge in [-0.2, -0.15) is 0 Å². The second kappa shape index (κ2) is 4.64. The molecule has 0 amide bonds. The van der Waals surface area contributed by atoms with Crippen molar-refractivity contribution in [2.75, 3.05) is 0 Å². The number of fused-ring (bicyclic) bond motifs is 1. The molecule has 1 heterocycles. The predicted octanol–water partition coefficient (Wildman–Crippen LogP) is 3.48. The molecule has 0 fully saturated rings. The molecule has 1 aromatic heterocycles. The van der Waals surface area contributed by atoms with E-state index in [0.717, 1.165) is 16.6 Å². The molecule has 0 aliphatic heterocycles. The highest BCUT2D eigenvalue weighted by Crippen LogP contribution is 2.28. The SMILES string of the molecule is NCc1cccc2[nH]c(-c3cccc(Cl)c3F)nc12. The van der Waals surface area contributed by atoms with Crippen LogP contribution in [0.25, 0.3) is 22.4 Å². The third kappa shape index (κ3) is 1.99. The van der Waals surface area contributed by atoms with Gasteiger partial charge in [0, 0.05) is 6.54 Å². The number of aromatic nitrogens is 2. The molecule has 0 saturated heterocycles. The average molecular weight is 276 g/mol. The first-order chi connectivity index (χ1) is 9.20.